The van der Waals surface area contributed by atoms with Gasteiger partial charge in [0.25, 0.3) is 0 Å². The van der Waals surface area contributed by atoms with Gasteiger partial charge in [-0.3, -0.25) is 4.98 Å². The van der Waals surface area contributed by atoms with Gasteiger partial charge in [0.1, 0.15) is 5.75 Å². The molecule has 34 heavy (non-hydrogen) atoms. The number of hydrogen-bond acceptors (Lipinski definition) is 5. The molecule has 0 spiro atoms. The van der Waals surface area contributed by atoms with Crippen molar-refractivity contribution in [1.29, 1.82) is 0 Å². The zero-order valence-corrected chi connectivity index (χ0v) is 21.4. The Morgan fingerprint density at radius 1 is 1.12 bits per heavy atom. The molecule has 2 aromatic carbocycles. The summed E-state index contributed by atoms with van der Waals surface area (Å²) in [5, 5.41) is 11.3. The number of ether oxygens (including phenoxy) is 1. The third-order valence-electron chi connectivity index (χ3n) is 7.24. The van der Waals surface area contributed by atoms with Crippen LogP contribution in [0.3, 0.4) is 0 Å². The van der Waals surface area contributed by atoms with E-state index >= 15 is 0 Å². The molecule has 1 fully saturated rings. The summed E-state index contributed by atoms with van der Waals surface area (Å²) in [5.74, 6) is 3.04. The molecule has 0 radical (unpaired) electrons. The molecule has 2 atom stereocenters. The zero-order chi connectivity index (χ0) is 23.8. The van der Waals surface area contributed by atoms with Crippen LogP contribution in [0.5, 0.6) is 5.75 Å². The summed E-state index contributed by atoms with van der Waals surface area (Å²) in [6, 6.07) is 16.9. The minimum atomic E-state index is 0.300. The Hall–Kier alpha value is -2.08. The first-order valence-corrected chi connectivity index (χ1v) is 13.6. The van der Waals surface area contributed by atoms with Crippen molar-refractivity contribution in [3.63, 3.8) is 0 Å². The lowest BCUT2D eigenvalue weighted by molar-refractivity contribution is 0.0677. The number of benzene rings is 2. The number of nitrogens with zero attached hydrogens (tertiary/aromatic N) is 2. The first-order chi connectivity index (χ1) is 16.7. The molecule has 4 rings (SSSR count). The molecular formula is C29H38N2O2S. The van der Waals surface area contributed by atoms with Crippen LogP contribution >= 0.6 is 11.8 Å². The summed E-state index contributed by atoms with van der Waals surface area (Å²) in [7, 11) is 1.71. The van der Waals surface area contributed by atoms with Gasteiger partial charge in [0.2, 0.25) is 0 Å². The van der Waals surface area contributed by atoms with Crippen molar-refractivity contribution in [3.8, 4) is 5.75 Å². The molecule has 1 aliphatic heterocycles. The Morgan fingerprint density at radius 2 is 2.00 bits per heavy atom. The number of aromatic nitrogens is 1. The van der Waals surface area contributed by atoms with Crippen LogP contribution in [-0.2, 0) is 6.42 Å². The first kappa shape index (κ1) is 25.0. The molecule has 1 aromatic heterocycles. The predicted octanol–water partition coefficient (Wildman–Crippen LogP) is 5.99. The van der Waals surface area contributed by atoms with Crippen LogP contribution in [0, 0.1) is 18.8 Å². The summed E-state index contributed by atoms with van der Waals surface area (Å²) < 4.78 is 5.42. The number of hydrogen-bond donors (Lipinski definition) is 1. The second kappa shape index (κ2) is 12.6. The van der Waals surface area contributed by atoms with Gasteiger partial charge < -0.3 is 14.7 Å². The van der Waals surface area contributed by atoms with Crippen molar-refractivity contribution in [3.05, 3.63) is 65.9 Å². The second-order valence-corrected chi connectivity index (χ2v) is 10.6. The number of aryl methyl sites for hydroxylation is 2. The highest BCUT2D eigenvalue weighted by molar-refractivity contribution is 7.99. The minimum absolute atomic E-state index is 0.300. The van der Waals surface area contributed by atoms with E-state index in [2.05, 4.69) is 53.2 Å². The highest BCUT2D eigenvalue weighted by atomic mass is 32.2. The molecule has 5 heteroatoms. The molecule has 0 unspecified atom stereocenters. The van der Waals surface area contributed by atoms with Crippen LogP contribution in [0.4, 0.5) is 0 Å². The minimum Gasteiger partial charge on any atom is -0.497 e. The van der Waals surface area contributed by atoms with E-state index in [4.69, 9.17) is 4.74 Å². The third-order valence-corrected chi connectivity index (χ3v) is 8.50. The molecule has 0 aliphatic carbocycles. The standard InChI is InChI=1S/C29H38N2O2S/c1-22-7-3-4-10-29(22)34-18-6-16-31-17-14-23(25(20-31)21-32)8-5-9-24-13-15-30-28-12-11-26(33-2)19-27(24)28/h3-4,7,10-13,15,19,23,25,32H,5-6,8-9,14,16-18,20-21H2,1-2H3/t23-,25-/m1/s1. The smallest absolute Gasteiger partial charge is 0.119 e. The molecule has 0 amide bonds. The fourth-order valence-corrected chi connectivity index (χ4v) is 6.18. The largest absolute Gasteiger partial charge is 0.497 e. The number of thioether (sulfide) groups is 1. The topological polar surface area (TPSA) is 45.6 Å². The lowest BCUT2D eigenvalue weighted by Crippen LogP contribution is -2.42. The van der Waals surface area contributed by atoms with Crippen LogP contribution in [0.25, 0.3) is 10.9 Å². The zero-order valence-electron chi connectivity index (χ0n) is 20.6. The van der Waals surface area contributed by atoms with Gasteiger partial charge in [0.15, 0.2) is 0 Å². The number of likely N-dealkylation sites (tertiary alicyclic amines) is 1. The molecule has 1 N–H and O–H groups in total. The maximum absolute atomic E-state index is 10.1. The highest BCUT2D eigenvalue weighted by Gasteiger charge is 2.28. The van der Waals surface area contributed by atoms with Crippen molar-refractivity contribution in [2.75, 3.05) is 39.1 Å². The monoisotopic (exact) mass is 478 g/mol. The average molecular weight is 479 g/mol. The van der Waals surface area contributed by atoms with Gasteiger partial charge in [0, 0.05) is 29.6 Å². The molecule has 2 heterocycles. The quantitative estimate of drug-likeness (QED) is 0.271. The van der Waals surface area contributed by atoms with Crippen molar-refractivity contribution in [2.45, 2.75) is 43.9 Å². The number of aliphatic hydroxyl groups excluding tert-OH is 1. The number of piperidine rings is 1. The summed E-state index contributed by atoms with van der Waals surface area (Å²) >= 11 is 1.97. The van der Waals surface area contributed by atoms with Crippen molar-refractivity contribution >= 4 is 22.7 Å². The average Bonchev–Trinajstić information content (AvgIpc) is 2.88. The molecule has 3 aromatic rings. The maximum atomic E-state index is 10.1. The fraction of sp³-hybridized carbons (Fsp3) is 0.483. The Labute approximate surface area is 208 Å². The number of methoxy groups -OCH3 is 1. The highest BCUT2D eigenvalue weighted by Crippen LogP contribution is 2.30. The normalized spacial score (nSPS) is 18.9. The molecule has 0 bridgehead atoms. The Bertz CT molecular complexity index is 1060. The summed E-state index contributed by atoms with van der Waals surface area (Å²) in [6.45, 7) is 5.81. The number of fused-ring (bicyclic) bond motifs is 1. The summed E-state index contributed by atoms with van der Waals surface area (Å²) in [6.07, 6.45) is 7.67. The van der Waals surface area contributed by atoms with E-state index in [1.54, 1.807) is 7.11 Å². The Morgan fingerprint density at radius 3 is 2.82 bits per heavy atom. The lowest BCUT2D eigenvalue weighted by Gasteiger charge is -2.38. The van der Waals surface area contributed by atoms with Gasteiger partial charge >= 0.3 is 0 Å². The van der Waals surface area contributed by atoms with Crippen LogP contribution in [0.15, 0.2) is 59.6 Å². The van der Waals surface area contributed by atoms with Crippen LogP contribution in [-0.4, -0.2) is 54.1 Å². The van der Waals surface area contributed by atoms with Crippen LogP contribution < -0.4 is 4.74 Å². The van der Waals surface area contributed by atoms with Gasteiger partial charge in [-0.1, -0.05) is 18.2 Å². The van der Waals surface area contributed by atoms with Crippen molar-refractivity contribution in [2.24, 2.45) is 11.8 Å². The lowest BCUT2D eigenvalue weighted by atomic mass is 9.82. The van der Waals surface area contributed by atoms with Crippen LogP contribution in [0.1, 0.15) is 36.8 Å². The molecule has 182 valence electrons. The molecule has 1 aliphatic rings. The molecule has 1 saturated heterocycles. The Kier molecular flexibility index (Phi) is 9.25. The number of aliphatic hydroxyl groups is 1. The van der Waals surface area contributed by atoms with E-state index in [0.29, 0.717) is 18.4 Å². The molecule has 4 nitrogen and oxygen atoms in total. The first-order valence-electron chi connectivity index (χ1n) is 12.6. The van der Waals surface area contributed by atoms with Gasteiger partial charge in [0.05, 0.1) is 12.6 Å². The van der Waals surface area contributed by atoms with Crippen molar-refractivity contribution < 1.29 is 9.84 Å². The maximum Gasteiger partial charge on any atom is 0.119 e. The second-order valence-electron chi connectivity index (χ2n) is 9.50. The Balaban J connectivity index is 1.22. The van der Waals surface area contributed by atoms with E-state index < -0.39 is 0 Å². The van der Waals surface area contributed by atoms with Crippen LogP contribution in [0.2, 0.25) is 0 Å². The van der Waals surface area contributed by atoms with Gasteiger partial charge in [-0.2, -0.15) is 0 Å². The van der Waals surface area contributed by atoms with E-state index in [9.17, 15) is 5.11 Å². The van der Waals surface area contributed by atoms with Gasteiger partial charge in [-0.05, 0) is 111 Å². The van der Waals surface area contributed by atoms with E-state index in [0.717, 1.165) is 49.5 Å². The van der Waals surface area contributed by atoms with E-state index in [1.165, 1.54) is 40.7 Å². The van der Waals surface area contributed by atoms with E-state index in [-0.39, 0.29) is 0 Å². The molecular weight excluding hydrogens is 440 g/mol. The third kappa shape index (κ3) is 6.53. The predicted molar refractivity (Wildman–Crippen MR) is 143 cm³/mol. The van der Waals surface area contributed by atoms with Gasteiger partial charge in [-0.15, -0.1) is 11.8 Å². The summed E-state index contributed by atoms with van der Waals surface area (Å²) in [4.78, 5) is 8.47. The van der Waals surface area contributed by atoms with Crippen molar-refractivity contribution in [1.82, 2.24) is 9.88 Å². The van der Waals surface area contributed by atoms with Gasteiger partial charge in [-0.25, -0.2) is 0 Å². The van der Waals surface area contributed by atoms with E-state index in [1.807, 2.05) is 30.1 Å². The number of pyridine rings is 1. The summed E-state index contributed by atoms with van der Waals surface area (Å²) in [5.41, 5.74) is 3.74. The fourth-order valence-electron chi connectivity index (χ4n) is 5.22. The SMILES string of the molecule is COc1ccc2nccc(CCC[C@@H]3CCN(CCCSc4ccccc4C)C[C@@H]3CO)c2c1. The number of rotatable bonds is 11. The molecule has 0 saturated carbocycles.